The van der Waals surface area contributed by atoms with Crippen molar-refractivity contribution in [3.05, 3.63) is 23.5 Å². The zero-order chi connectivity index (χ0) is 15.5. The van der Waals surface area contributed by atoms with E-state index in [4.69, 9.17) is 16.3 Å². The van der Waals surface area contributed by atoms with Crippen LogP contribution >= 0.6 is 11.6 Å². The van der Waals surface area contributed by atoms with E-state index in [0.717, 1.165) is 29.6 Å². The van der Waals surface area contributed by atoms with Crippen LogP contribution < -0.4 is 5.32 Å². The maximum absolute atomic E-state index is 11.9. The van der Waals surface area contributed by atoms with E-state index in [0.29, 0.717) is 24.7 Å². The second-order valence-corrected chi connectivity index (χ2v) is 5.82. The van der Waals surface area contributed by atoms with Gasteiger partial charge in [0.1, 0.15) is 5.65 Å². The average molecular weight is 327 g/mol. The van der Waals surface area contributed by atoms with Crippen LogP contribution in [0.3, 0.4) is 0 Å². The first-order valence-corrected chi connectivity index (χ1v) is 7.86. The van der Waals surface area contributed by atoms with E-state index in [9.17, 15) is 4.79 Å². The van der Waals surface area contributed by atoms with E-state index in [2.05, 4.69) is 15.3 Å². The van der Waals surface area contributed by atoms with Gasteiger partial charge in [-0.2, -0.15) is 0 Å². The van der Waals surface area contributed by atoms with E-state index in [1.54, 1.807) is 11.1 Å². The Balaban J connectivity index is 0.00000144. The first-order chi connectivity index (χ1) is 10.7. The highest BCUT2D eigenvalue weighted by atomic mass is 35.5. The molecule has 0 spiro atoms. The fraction of sp³-hybridized carbons (Fsp3) is 0.467. The lowest BCUT2D eigenvalue weighted by Crippen LogP contribution is -2.32. The van der Waals surface area contributed by atoms with Crippen LogP contribution in [0.4, 0.5) is 10.5 Å². The molecular formula is C15H23ClN4O2. The molecule has 0 bridgehead atoms. The van der Waals surface area contributed by atoms with Crippen LogP contribution in [0.15, 0.2) is 18.5 Å². The van der Waals surface area contributed by atoms with Gasteiger partial charge in [-0.25, -0.2) is 9.78 Å². The number of pyridine rings is 1. The molecular weight excluding hydrogens is 304 g/mol. The quantitative estimate of drug-likeness (QED) is 0.898. The van der Waals surface area contributed by atoms with Crippen molar-refractivity contribution in [2.45, 2.75) is 25.8 Å². The first kappa shape index (κ1) is 15.0. The number of fused-ring (bicyclic) bond motifs is 1. The third kappa shape index (κ3) is 2.97. The van der Waals surface area contributed by atoms with Crippen molar-refractivity contribution in [2.75, 3.05) is 25.0 Å². The van der Waals surface area contributed by atoms with Gasteiger partial charge in [-0.05, 0) is 18.9 Å². The van der Waals surface area contributed by atoms with Gasteiger partial charge >= 0.3 is 6.09 Å². The van der Waals surface area contributed by atoms with Crippen LogP contribution in [0.25, 0.3) is 11.0 Å². The van der Waals surface area contributed by atoms with Gasteiger partial charge in [-0.1, -0.05) is 18.5 Å². The molecule has 3 rings (SSSR count). The number of carbonyl (C=O) groups excluding carboxylic acids is 1. The Labute approximate surface area is 136 Å². The molecule has 1 saturated heterocycles. The van der Waals surface area contributed by atoms with Gasteiger partial charge in [0.25, 0.3) is 0 Å². The van der Waals surface area contributed by atoms with Crippen LogP contribution in [-0.4, -0.2) is 46.7 Å². The standard InChI is InChI=1S/C15H19ClN4O2.2H2/c1-2-7-22-15(21)20-6-4-10(9-20)19-13-11-3-5-17-14(11)18-8-12(13)16;;/h3,5,8,10H,2,4,6-7,9H2,1H3,(H2,17,18,19);2*1H/t10-;;/m0../s1. The van der Waals surface area contributed by atoms with Gasteiger partial charge in [-0.3, -0.25) is 0 Å². The highest BCUT2D eigenvalue weighted by molar-refractivity contribution is 6.34. The number of ether oxygens (including phenoxy) is 1. The van der Waals surface area contributed by atoms with Crippen molar-refractivity contribution in [3.63, 3.8) is 0 Å². The molecule has 6 nitrogen and oxygen atoms in total. The van der Waals surface area contributed by atoms with Gasteiger partial charge < -0.3 is 19.9 Å². The number of aromatic nitrogens is 2. The van der Waals surface area contributed by atoms with Crippen LogP contribution in [0.1, 0.15) is 22.6 Å². The highest BCUT2D eigenvalue weighted by Gasteiger charge is 2.28. The number of likely N-dealkylation sites (tertiary alicyclic amines) is 1. The van der Waals surface area contributed by atoms with E-state index >= 15 is 0 Å². The molecule has 2 aromatic rings. The number of hydrogen-bond donors (Lipinski definition) is 2. The van der Waals surface area contributed by atoms with Crippen LogP contribution in [0.5, 0.6) is 0 Å². The summed E-state index contributed by atoms with van der Waals surface area (Å²) in [5.41, 5.74) is 1.66. The van der Waals surface area contributed by atoms with Gasteiger partial charge in [0.15, 0.2) is 0 Å². The number of hydrogen-bond acceptors (Lipinski definition) is 4. The first-order valence-electron chi connectivity index (χ1n) is 7.49. The normalized spacial score (nSPS) is 17.9. The summed E-state index contributed by atoms with van der Waals surface area (Å²) >= 11 is 6.26. The summed E-state index contributed by atoms with van der Waals surface area (Å²) in [4.78, 5) is 20.9. The minimum Gasteiger partial charge on any atom is -0.449 e. The molecule has 0 unspecified atom stereocenters. The Morgan fingerprint density at radius 2 is 2.55 bits per heavy atom. The lowest BCUT2D eigenvalue weighted by Gasteiger charge is -2.18. The number of aromatic amines is 1. The topological polar surface area (TPSA) is 70.2 Å². The smallest absolute Gasteiger partial charge is 0.409 e. The summed E-state index contributed by atoms with van der Waals surface area (Å²) in [5.74, 6) is 0. The maximum atomic E-state index is 11.9. The number of carbonyl (C=O) groups is 1. The van der Waals surface area contributed by atoms with Gasteiger partial charge in [-0.15, -0.1) is 0 Å². The molecule has 122 valence electrons. The van der Waals surface area contributed by atoms with Gasteiger partial charge in [0, 0.05) is 33.6 Å². The Kier molecular flexibility index (Phi) is 4.38. The van der Waals surface area contributed by atoms with Crippen molar-refractivity contribution >= 4 is 34.4 Å². The molecule has 0 saturated carbocycles. The second-order valence-electron chi connectivity index (χ2n) is 5.41. The molecule has 1 aliphatic rings. The number of halogens is 1. The van der Waals surface area contributed by atoms with Crippen molar-refractivity contribution in [1.82, 2.24) is 14.9 Å². The van der Waals surface area contributed by atoms with Crippen molar-refractivity contribution < 1.29 is 12.4 Å². The fourth-order valence-corrected chi connectivity index (χ4v) is 2.86. The molecule has 0 aromatic carbocycles. The van der Waals surface area contributed by atoms with Crippen molar-refractivity contribution in [1.29, 1.82) is 0 Å². The molecule has 3 heterocycles. The molecule has 1 fully saturated rings. The summed E-state index contributed by atoms with van der Waals surface area (Å²) in [6.07, 6.45) is 4.93. The Morgan fingerprint density at radius 1 is 1.68 bits per heavy atom. The highest BCUT2D eigenvalue weighted by Crippen LogP contribution is 2.30. The number of H-pyrrole nitrogens is 1. The SMILES string of the molecule is CCCOC(=O)N1CC[C@H](Nc2c(Cl)cnc3[nH]ccc23)C1.[HH].[HH]. The lowest BCUT2D eigenvalue weighted by atomic mass is 10.2. The minimum atomic E-state index is -0.237. The molecule has 1 aliphatic heterocycles. The molecule has 22 heavy (non-hydrogen) atoms. The zero-order valence-electron chi connectivity index (χ0n) is 12.4. The number of rotatable bonds is 4. The molecule has 2 N–H and O–H groups in total. The Hall–Kier alpha value is -1.95. The van der Waals surface area contributed by atoms with E-state index in [-0.39, 0.29) is 15.0 Å². The van der Waals surface area contributed by atoms with Crippen molar-refractivity contribution in [3.8, 4) is 0 Å². The number of nitrogens with zero attached hydrogens (tertiary/aromatic N) is 2. The maximum Gasteiger partial charge on any atom is 0.409 e. The van der Waals surface area contributed by atoms with E-state index in [1.807, 2.05) is 19.2 Å². The number of nitrogens with one attached hydrogen (secondary N) is 2. The third-order valence-electron chi connectivity index (χ3n) is 3.76. The third-order valence-corrected chi connectivity index (χ3v) is 4.05. The summed E-state index contributed by atoms with van der Waals surface area (Å²) in [6.45, 7) is 3.76. The molecule has 2 aromatic heterocycles. The number of anilines is 1. The fourth-order valence-electron chi connectivity index (χ4n) is 2.66. The van der Waals surface area contributed by atoms with Crippen LogP contribution in [-0.2, 0) is 4.74 Å². The monoisotopic (exact) mass is 326 g/mol. The zero-order valence-corrected chi connectivity index (χ0v) is 13.2. The molecule has 1 amide bonds. The van der Waals surface area contributed by atoms with Crippen LogP contribution in [0, 0.1) is 0 Å². The summed E-state index contributed by atoms with van der Waals surface area (Å²) < 4.78 is 5.17. The predicted octanol–water partition coefficient (Wildman–Crippen LogP) is 3.74. The Bertz CT molecular complexity index is 683. The summed E-state index contributed by atoms with van der Waals surface area (Å²) in [5, 5.41) is 4.98. The minimum absolute atomic E-state index is 0. The average Bonchev–Trinajstić information content (AvgIpc) is 3.16. The second kappa shape index (κ2) is 6.44. The van der Waals surface area contributed by atoms with E-state index in [1.165, 1.54) is 0 Å². The van der Waals surface area contributed by atoms with E-state index < -0.39 is 0 Å². The van der Waals surface area contributed by atoms with Gasteiger partial charge in [0.05, 0.1) is 23.5 Å². The van der Waals surface area contributed by atoms with Crippen molar-refractivity contribution in [2.24, 2.45) is 0 Å². The molecule has 1 atom stereocenters. The summed E-state index contributed by atoms with van der Waals surface area (Å²) in [7, 11) is 0. The molecule has 0 aliphatic carbocycles. The largest absolute Gasteiger partial charge is 0.449 e. The summed E-state index contributed by atoms with van der Waals surface area (Å²) in [6, 6.07) is 2.10. The van der Waals surface area contributed by atoms with Gasteiger partial charge in [0.2, 0.25) is 0 Å². The Morgan fingerprint density at radius 3 is 3.36 bits per heavy atom. The lowest BCUT2D eigenvalue weighted by molar-refractivity contribution is 0.110. The molecule has 7 heteroatoms. The number of amides is 1. The van der Waals surface area contributed by atoms with Crippen LogP contribution in [0.2, 0.25) is 5.02 Å². The molecule has 0 radical (unpaired) electrons. The predicted molar refractivity (Wildman–Crippen MR) is 90.6 cm³/mol.